The van der Waals surface area contributed by atoms with Gasteiger partial charge in [0, 0.05) is 57.0 Å². The Bertz CT molecular complexity index is 1930. The molecule has 2 aromatic rings. The predicted octanol–water partition coefficient (Wildman–Crippen LogP) is 7.16. The van der Waals surface area contributed by atoms with Crippen molar-refractivity contribution in [1.82, 2.24) is 20.0 Å². The van der Waals surface area contributed by atoms with Crippen LogP contribution in [0.15, 0.2) is 127 Å². The summed E-state index contributed by atoms with van der Waals surface area (Å²) in [5.41, 5.74) is 6.54. The molecule has 2 aromatic carbocycles. The third-order valence-corrected chi connectivity index (χ3v) is 11.3. The first-order chi connectivity index (χ1) is 27.6. The van der Waals surface area contributed by atoms with E-state index >= 15 is 0 Å². The largest absolute Gasteiger partial charge is 0.508 e. The molecule has 300 valence electrons. The van der Waals surface area contributed by atoms with E-state index in [1.807, 2.05) is 24.3 Å². The summed E-state index contributed by atoms with van der Waals surface area (Å²) >= 11 is 0. The van der Waals surface area contributed by atoms with Gasteiger partial charge in [-0.1, -0.05) is 81.3 Å². The molecule has 0 bridgehead atoms. The maximum absolute atomic E-state index is 12.9. The molecule has 0 aromatic heterocycles. The second-order valence-electron chi connectivity index (χ2n) is 15.0. The average Bonchev–Trinajstić information content (AvgIpc) is 3.50. The molecule has 3 amide bonds. The van der Waals surface area contributed by atoms with Crippen LogP contribution in [0.25, 0.3) is 11.1 Å². The fraction of sp³-hybridized carbons (Fsp3) is 0.383. The van der Waals surface area contributed by atoms with E-state index < -0.39 is 11.9 Å². The van der Waals surface area contributed by atoms with Crippen molar-refractivity contribution in [2.24, 2.45) is 0 Å². The fourth-order valence-electron chi connectivity index (χ4n) is 8.02. The number of piperidine rings is 1. The van der Waals surface area contributed by atoms with Crippen molar-refractivity contribution in [3.05, 3.63) is 138 Å². The fourth-order valence-corrected chi connectivity index (χ4v) is 8.02. The molecule has 57 heavy (non-hydrogen) atoms. The maximum Gasteiger partial charge on any atom is 0.254 e. The minimum absolute atomic E-state index is 0.122. The number of aliphatic hydroxyl groups is 1. The number of hydrogen-bond donors (Lipinski definition) is 2. The second kappa shape index (κ2) is 19.6. The van der Waals surface area contributed by atoms with Gasteiger partial charge >= 0.3 is 0 Å². The van der Waals surface area contributed by atoms with Crippen LogP contribution in [0.3, 0.4) is 0 Å². The lowest BCUT2D eigenvalue weighted by atomic mass is 9.92. The van der Waals surface area contributed by atoms with Crippen LogP contribution < -0.4 is 10.1 Å². The molecule has 6 rings (SSSR count). The maximum atomic E-state index is 12.9. The number of nitrogens with zero attached hydrogens (tertiary/aromatic N) is 3. The summed E-state index contributed by atoms with van der Waals surface area (Å²) in [4.78, 5) is 43.0. The van der Waals surface area contributed by atoms with E-state index in [2.05, 4.69) is 90.3 Å². The molecule has 1 saturated carbocycles. The number of carbonyl (C=O) groups is 3. The van der Waals surface area contributed by atoms with Crippen LogP contribution in [-0.2, 0) is 19.1 Å². The molecular weight excluding hydrogens is 717 g/mol. The number of nitrogens with one attached hydrogen (secondary N) is 1. The minimum Gasteiger partial charge on any atom is -0.508 e. The Labute approximate surface area is 337 Å². The zero-order valence-corrected chi connectivity index (χ0v) is 33.2. The van der Waals surface area contributed by atoms with Gasteiger partial charge in [-0.25, -0.2) is 0 Å². The molecule has 3 saturated heterocycles. The Morgan fingerprint density at radius 3 is 2.30 bits per heavy atom. The SMILES string of the molecule is C=C\C(O)=C/C=C/C(=C(\CC)c1ccccc1)c1ccc(OC2CCC(OCCN3CCN(C(=C)/C=C4/CN(C5CCC(=O)NC5=O)C(=O)C4=C)CC3)CC2)cc1. The quantitative estimate of drug-likeness (QED) is 0.0646. The molecule has 0 spiro atoms. The molecule has 1 atom stereocenters. The van der Waals surface area contributed by atoms with E-state index in [1.54, 1.807) is 6.08 Å². The molecular formula is C47H56N4O6. The minimum atomic E-state index is -0.654. The molecule has 0 radical (unpaired) electrons. The van der Waals surface area contributed by atoms with E-state index in [0.717, 1.165) is 93.0 Å². The summed E-state index contributed by atoms with van der Waals surface area (Å²) in [6, 6.07) is 18.1. The number of allylic oxidation sites excluding steroid dienone is 7. The number of imide groups is 1. The highest BCUT2D eigenvalue weighted by Crippen LogP contribution is 2.33. The van der Waals surface area contributed by atoms with Crippen molar-refractivity contribution in [1.29, 1.82) is 0 Å². The number of amides is 3. The number of piperazine rings is 1. The average molecular weight is 773 g/mol. The molecule has 1 unspecified atom stereocenters. The third-order valence-electron chi connectivity index (χ3n) is 11.3. The zero-order chi connectivity index (χ0) is 40.3. The van der Waals surface area contributed by atoms with Gasteiger partial charge in [-0.3, -0.25) is 24.6 Å². The van der Waals surface area contributed by atoms with Crippen LogP contribution in [0.1, 0.15) is 63.0 Å². The number of ether oxygens (including phenoxy) is 2. The Kier molecular flexibility index (Phi) is 14.2. The summed E-state index contributed by atoms with van der Waals surface area (Å²) in [6.45, 7) is 19.3. The highest BCUT2D eigenvalue weighted by molar-refractivity contribution is 6.06. The lowest BCUT2D eigenvalue weighted by molar-refractivity contribution is -0.142. The van der Waals surface area contributed by atoms with Gasteiger partial charge in [0.2, 0.25) is 11.8 Å². The smallest absolute Gasteiger partial charge is 0.254 e. The van der Waals surface area contributed by atoms with Crippen molar-refractivity contribution in [2.75, 3.05) is 45.9 Å². The third kappa shape index (κ3) is 10.7. The first-order valence-electron chi connectivity index (χ1n) is 20.2. The highest BCUT2D eigenvalue weighted by atomic mass is 16.5. The standard InChI is InChI=1S/C47H56N4O6/c1-5-38(52)13-10-14-43(42(6-2)35-11-8-7-9-12-35)36-15-17-40(18-16-36)57-41-21-19-39(20-22-41)56-30-29-49-25-27-50(28-26-49)33(3)31-37-32-51(47(55)34(37)4)44-23-24-45(53)48-46(44)54/h5,7-18,31,39,41,44,52H,1,3-4,6,19-30,32H2,2H3,(H,48,53,54)/b14-10+,37-31-,38-13+,43-42-. The van der Waals surface area contributed by atoms with E-state index in [0.29, 0.717) is 18.6 Å². The summed E-state index contributed by atoms with van der Waals surface area (Å²) in [5, 5.41) is 12.2. The van der Waals surface area contributed by atoms with Gasteiger partial charge in [-0.05, 0) is 96.7 Å². The lowest BCUT2D eigenvalue weighted by Crippen LogP contribution is -2.52. The van der Waals surface area contributed by atoms with Gasteiger partial charge < -0.3 is 24.4 Å². The summed E-state index contributed by atoms with van der Waals surface area (Å²) in [7, 11) is 0. The van der Waals surface area contributed by atoms with Gasteiger partial charge in [0.15, 0.2) is 0 Å². The number of hydrogen-bond acceptors (Lipinski definition) is 8. The number of carbonyl (C=O) groups excluding carboxylic acids is 3. The monoisotopic (exact) mass is 772 g/mol. The van der Waals surface area contributed by atoms with Gasteiger partial charge in [-0.2, -0.15) is 0 Å². The normalized spacial score (nSPS) is 23.6. The Morgan fingerprint density at radius 1 is 0.930 bits per heavy atom. The number of aliphatic hydroxyl groups excluding tert-OH is 1. The Hall–Kier alpha value is -5.45. The molecule has 3 heterocycles. The van der Waals surface area contributed by atoms with Gasteiger partial charge in [0.25, 0.3) is 5.91 Å². The summed E-state index contributed by atoms with van der Waals surface area (Å²) in [5.74, 6) is -0.00803. The van der Waals surface area contributed by atoms with Crippen LogP contribution in [0.2, 0.25) is 0 Å². The van der Waals surface area contributed by atoms with Crippen LogP contribution in [0.4, 0.5) is 0 Å². The van der Waals surface area contributed by atoms with Gasteiger partial charge in [-0.15, -0.1) is 0 Å². The van der Waals surface area contributed by atoms with Crippen LogP contribution in [0, 0.1) is 0 Å². The van der Waals surface area contributed by atoms with Crippen LogP contribution in [-0.4, -0.2) is 102 Å². The highest BCUT2D eigenvalue weighted by Gasteiger charge is 2.40. The van der Waals surface area contributed by atoms with Crippen molar-refractivity contribution < 1.29 is 29.0 Å². The Balaban J connectivity index is 0.920. The van der Waals surface area contributed by atoms with Crippen LogP contribution >= 0.6 is 0 Å². The van der Waals surface area contributed by atoms with Gasteiger partial charge in [0.05, 0.1) is 18.8 Å². The summed E-state index contributed by atoms with van der Waals surface area (Å²) < 4.78 is 12.8. The van der Waals surface area contributed by atoms with Crippen LogP contribution in [0.5, 0.6) is 5.75 Å². The van der Waals surface area contributed by atoms with E-state index in [9.17, 15) is 19.5 Å². The molecule has 4 fully saturated rings. The van der Waals surface area contributed by atoms with Gasteiger partial charge in [0.1, 0.15) is 17.6 Å². The second-order valence-corrected chi connectivity index (χ2v) is 15.0. The molecule has 2 N–H and O–H groups in total. The van der Waals surface area contributed by atoms with E-state index in [-0.39, 0.29) is 42.7 Å². The number of benzene rings is 2. The number of likely N-dealkylation sites (tertiary alicyclic amines) is 1. The van der Waals surface area contributed by atoms with Crippen molar-refractivity contribution in [2.45, 2.75) is 70.1 Å². The van der Waals surface area contributed by atoms with E-state index in [1.165, 1.54) is 22.1 Å². The Morgan fingerprint density at radius 2 is 1.63 bits per heavy atom. The molecule has 3 aliphatic heterocycles. The molecule has 4 aliphatic rings. The predicted molar refractivity (Wildman–Crippen MR) is 225 cm³/mol. The van der Waals surface area contributed by atoms with Crippen molar-refractivity contribution in [3.8, 4) is 5.75 Å². The number of rotatable bonds is 15. The topological polar surface area (TPSA) is 112 Å². The molecule has 10 nitrogen and oxygen atoms in total. The molecule has 10 heteroatoms. The molecule has 1 aliphatic carbocycles. The lowest BCUT2D eigenvalue weighted by Gasteiger charge is -2.37. The van der Waals surface area contributed by atoms with Crippen molar-refractivity contribution in [3.63, 3.8) is 0 Å². The first kappa shape index (κ1) is 41.2. The van der Waals surface area contributed by atoms with Crippen molar-refractivity contribution >= 4 is 28.9 Å². The zero-order valence-electron chi connectivity index (χ0n) is 33.2. The van der Waals surface area contributed by atoms with E-state index in [4.69, 9.17) is 9.47 Å². The first-order valence-corrected chi connectivity index (χ1v) is 20.2. The summed E-state index contributed by atoms with van der Waals surface area (Å²) in [6.07, 6.45) is 14.5.